The second-order valence-electron chi connectivity index (χ2n) is 9.07. The van der Waals surface area contributed by atoms with Crippen LogP contribution in [0.1, 0.15) is 34.1 Å². The number of hydrogen-bond acceptors (Lipinski definition) is 7. The summed E-state index contributed by atoms with van der Waals surface area (Å²) in [5.41, 5.74) is 2.88. The number of aromatic nitrogens is 1. The summed E-state index contributed by atoms with van der Waals surface area (Å²) >= 11 is 0. The van der Waals surface area contributed by atoms with Gasteiger partial charge in [0.2, 0.25) is 0 Å². The molecule has 3 aromatic rings. The number of nitrogens with zero attached hydrogens (tertiary/aromatic N) is 4. The van der Waals surface area contributed by atoms with Gasteiger partial charge in [0.15, 0.2) is 0 Å². The molecule has 0 fully saturated rings. The highest BCUT2D eigenvalue weighted by Crippen LogP contribution is 2.39. The van der Waals surface area contributed by atoms with Gasteiger partial charge in [0.1, 0.15) is 23.8 Å². The van der Waals surface area contributed by atoms with Crippen molar-refractivity contribution >= 4 is 17.5 Å². The maximum atomic E-state index is 13.9. The van der Waals surface area contributed by atoms with Crippen LogP contribution in [0.4, 0.5) is 0 Å². The first kappa shape index (κ1) is 27.7. The SMILES string of the molecule is COCCN(CC(=O)N1N=C(c2cccn2C)C[C@H]1c1cc(OC)ccc1OC)C(=O)c1ccc(OC)cc1. The van der Waals surface area contributed by atoms with Crippen LogP contribution < -0.4 is 14.2 Å². The van der Waals surface area contributed by atoms with Crippen LogP contribution in [0.2, 0.25) is 0 Å². The summed E-state index contributed by atoms with van der Waals surface area (Å²) in [5, 5.41) is 6.22. The standard InChI is InChI=1S/C29H34N4O6/c1-31-14-6-7-25(31)24-18-26(23-17-22(38-4)12-13-27(23)39-5)33(30-24)28(34)19-32(15-16-36-2)29(35)20-8-10-21(37-3)11-9-20/h6-14,17,26H,15-16,18-19H2,1-5H3/t26-/m0/s1. The van der Waals surface area contributed by atoms with E-state index in [9.17, 15) is 9.59 Å². The zero-order valence-electron chi connectivity index (χ0n) is 22.9. The Morgan fingerprint density at radius 3 is 2.31 bits per heavy atom. The summed E-state index contributed by atoms with van der Waals surface area (Å²) in [7, 11) is 8.23. The fourth-order valence-corrected chi connectivity index (χ4v) is 4.60. The number of methoxy groups -OCH3 is 4. The Bertz CT molecular complexity index is 1330. The van der Waals surface area contributed by atoms with Gasteiger partial charge >= 0.3 is 0 Å². The van der Waals surface area contributed by atoms with E-state index >= 15 is 0 Å². The van der Waals surface area contributed by atoms with E-state index in [1.807, 2.05) is 48.1 Å². The summed E-state index contributed by atoms with van der Waals surface area (Å²) in [6, 6.07) is 15.7. The molecule has 1 aliphatic heterocycles. The summed E-state index contributed by atoms with van der Waals surface area (Å²) in [4.78, 5) is 28.8. The van der Waals surface area contributed by atoms with E-state index in [1.165, 1.54) is 9.91 Å². The van der Waals surface area contributed by atoms with Gasteiger partial charge in [-0.3, -0.25) is 9.59 Å². The molecule has 1 aliphatic rings. The van der Waals surface area contributed by atoms with Crippen LogP contribution in [0, 0.1) is 0 Å². The van der Waals surface area contributed by atoms with Crippen LogP contribution in [0.3, 0.4) is 0 Å². The fourth-order valence-electron chi connectivity index (χ4n) is 4.60. The molecule has 0 radical (unpaired) electrons. The summed E-state index contributed by atoms with van der Waals surface area (Å²) in [6.07, 6.45) is 2.40. The highest BCUT2D eigenvalue weighted by Gasteiger charge is 2.37. The average Bonchev–Trinajstić information content (AvgIpc) is 3.60. The smallest absolute Gasteiger partial charge is 0.262 e. The molecular formula is C29H34N4O6. The molecule has 2 heterocycles. The van der Waals surface area contributed by atoms with E-state index in [2.05, 4.69) is 0 Å². The Kier molecular flexibility index (Phi) is 8.88. The predicted octanol–water partition coefficient (Wildman–Crippen LogP) is 3.52. The molecule has 2 aromatic carbocycles. The molecule has 10 heteroatoms. The lowest BCUT2D eigenvalue weighted by molar-refractivity contribution is -0.133. The van der Waals surface area contributed by atoms with E-state index in [0.29, 0.717) is 29.2 Å². The van der Waals surface area contributed by atoms with Crippen molar-refractivity contribution in [3.63, 3.8) is 0 Å². The third-order valence-electron chi connectivity index (χ3n) is 6.72. The maximum Gasteiger partial charge on any atom is 0.262 e. The molecule has 0 saturated heterocycles. The highest BCUT2D eigenvalue weighted by atomic mass is 16.5. The quantitative estimate of drug-likeness (QED) is 0.374. The lowest BCUT2D eigenvalue weighted by Crippen LogP contribution is -2.42. The second kappa shape index (κ2) is 12.5. The number of hydrogen-bond donors (Lipinski definition) is 0. The van der Waals surface area contributed by atoms with E-state index in [1.54, 1.807) is 52.7 Å². The predicted molar refractivity (Wildman–Crippen MR) is 146 cm³/mol. The van der Waals surface area contributed by atoms with E-state index in [-0.39, 0.29) is 31.5 Å². The van der Waals surface area contributed by atoms with Gasteiger partial charge in [0.05, 0.1) is 45.4 Å². The number of carbonyl (C=O) groups excluding carboxylic acids is 2. The van der Waals surface area contributed by atoms with Crippen molar-refractivity contribution in [2.45, 2.75) is 12.5 Å². The summed E-state index contributed by atoms with van der Waals surface area (Å²) in [5.74, 6) is 1.28. The van der Waals surface area contributed by atoms with Crippen molar-refractivity contribution in [1.29, 1.82) is 0 Å². The van der Waals surface area contributed by atoms with E-state index < -0.39 is 6.04 Å². The average molecular weight is 535 g/mol. The van der Waals surface area contributed by atoms with Crippen molar-refractivity contribution in [2.75, 3.05) is 48.1 Å². The molecule has 10 nitrogen and oxygen atoms in total. The lowest BCUT2D eigenvalue weighted by atomic mass is 9.99. The molecule has 0 aliphatic carbocycles. The minimum atomic E-state index is -0.451. The maximum absolute atomic E-state index is 13.9. The van der Waals surface area contributed by atoms with Gasteiger partial charge in [0, 0.05) is 44.4 Å². The zero-order valence-corrected chi connectivity index (χ0v) is 22.9. The Labute approximate surface area is 228 Å². The van der Waals surface area contributed by atoms with Crippen LogP contribution in [-0.2, 0) is 16.6 Å². The second-order valence-corrected chi connectivity index (χ2v) is 9.07. The van der Waals surface area contributed by atoms with Gasteiger partial charge < -0.3 is 28.4 Å². The Balaban J connectivity index is 1.67. The zero-order chi connectivity index (χ0) is 27.9. The first-order valence-electron chi connectivity index (χ1n) is 12.6. The van der Waals surface area contributed by atoms with Crippen LogP contribution in [-0.4, -0.2) is 80.1 Å². The van der Waals surface area contributed by atoms with Gasteiger partial charge in [-0.05, 0) is 54.6 Å². The molecule has 0 unspecified atom stereocenters. The summed E-state index contributed by atoms with van der Waals surface area (Å²) in [6.45, 7) is 0.337. The third kappa shape index (κ3) is 6.06. The summed E-state index contributed by atoms with van der Waals surface area (Å²) < 4.78 is 23.5. The highest BCUT2D eigenvalue weighted by molar-refractivity contribution is 6.03. The first-order chi connectivity index (χ1) is 18.9. The molecule has 1 atom stereocenters. The molecule has 0 spiro atoms. The minimum absolute atomic E-state index is 0.180. The fraction of sp³-hybridized carbons (Fsp3) is 0.345. The molecule has 39 heavy (non-hydrogen) atoms. The van der Waals surface area contributed by atoms with E-state index in [4.69, 9.17) is 24.0 Å². The third-order valence-corrected chi connectivity index (χ3v) is 6.72. The Hall–Kier alpha value is -4.31. The van der Waals surface area contributed by atoms with Crippen molar-refractivity contribution in [3.8, 4) is 17.2 Å². The number of hydrazone groups is 1. The number of amides is 2. The number of carbonyl (C=O) groups is 2. The van der Waals surface area contributed by atoms with Gasteiger partial charge in [0.25, 0.3) is 11.8 Å². The van der Waals surface area contributed by atoms with Gasteiger partial charge in [-0.2, -0.15) is 5.10 Å². The molecular weight excluding hydrogens is 500 g/mol. The topological polar surface area (TPSA) is 94.8 Å². The van der Waals surface area contributed by atoms with Crippen molar-refractivity contribution < 1.29 is 28.5 Å². The van der Waals surface area contributed by atoms with Crippen LogP contribution in [0.15, 0.2) is 65.9 Å². The molecule has 206 valence electrons. The number of ether oxygens (including phenoxy) is 4. The molecule has 4 rings (SSSR count). The molecule has 1 aromatic heterocycles. The van der Waals surface area contributed by atoms with Gasteiger partial charge in [-0.15, -0.1) is 0 Å². The van der Waals surface area contributed by atoms with Gasteiger partial charge in [-0.1, -0.05) is 0 Å². The van der Waals surface area contributed by atoms with Crippen molar-refractivity contribution in [2.24, 2.45) is 12.1 Å². The van der Waals surface area contributed by atoms with Crippen LogP contribution >= 0.6 is 0 Å². The number of benzene rings is 2. The molecule has 0 N–H and O–H groups in total. The molecule has 0 saturated carbocycles. The molecule has 2 amide bonds. The monoisotopic (exact) mass is 534 g/mol. The lowest BCUT2D eigenvalue weighted by Gasteiger charge is -2.28. The van der Waals surface area contributed by atoms with Crippen molar-refractivity contribution in [1.82, 2.24) is 14.5 Å². The van der Waals surface area contributed by atoms with Gasteiger partial charge in [-0.25, -0.2) is 5.01 Å². The largest absolute Gasteiger partial charge is 0.497 e. The van der Waals surface area contributed by atoms with Crippen molar-refractivity contribution in [3.05, 3.63) is 77.6 Å². The number of rotatable bonds is 11. The van der Waals surface area contributed by atoms with Crippen LogP contribution in [0.25, 0.3) is 0 Å². The minimum Gasteiger partial charge on any atom is -0.497 e. The Morgan fingerprint density at radius 2 is 1.69 bits per heavy atom. The first-order valence-corrected chi connectivity index (χ1v) is 12.6. The van der Waals surface area contributed by atoms with E-state index in [0.717, 1.165) is 17.0 Å². The molecule has 0 bridgehead atoms. The Morgan fingerprint density at radius 1 is 0.974 bits per heavy atom. The number of aryl methyl sites for hydroxylation is 1. The normalized spacial score (nSPS) is 14.6. The van der Waals surface area contributed by atoms with Crippen LogP contribution in [0.5, 0.6) is 17.2 Å².